The average Bonchev–Trinajstić information content (AvgIpc) is 2.99. The van der Waals surface area contributed by atoms with Gasteiger partial charge in [-0.1, -0.05) is 10.3 Å². The Bertz CT molecular complexity index is 751. The minimum Gasteiger partial charge on any atom is -0.347 e. The van der Waals surface area contributed by atoms with E-state index in [0.717, 1.165) is 30.2 Å². The molecule has 2 aromatic heterocycles. The molecule has 0 unspecified atom stereocenters. The van der Waals surface area contributed by atoms with Crippen LogP contribution >= 0.6 is 0 Å². The number of hydrogen-bond donors (Lipinski definition) is 0. The minimum absolute atomic E-state index is 0.0486. The van der Waals surface area contributed by atoms with Gasteiger partial charge in [0.2, 0.25) is 5.95 Å². The number of carbonyl (C=O) groups excluding carboxylic acids is 1. The average molecular weight is 345 g/mol. The van der Waals surface area contributed by atoms with Crippen LogP contribution in [0.15, 0.2) is 10.7 Å². The normalized spacial score (nSPS) is 15.4. The number of amides is 1. The van der Waals surface area contributed by atoms with Crippen molar-refractivity contribution in [3.05, 3.63) is 28.8 Å². The first-order valence-corrected chi connectivity index (χ1v) is 8.26. The number of hydrogen-bond acceptors (Lipinski definition) is 8. The smallest absolute Gasteiger partial charge is 0.272 e. The van der Waals surface area contributed by atoms with Crippen LogP contribution < -0.4 is 4.90 Å². The largest absolute Gasteiger partial charge is 0.347 e. The standard InChI is InChI=1S/C16H23N7O2/c1-11-9-13(18-16(17-11)21(3)4)15(24)23-7-5-22(6-8-23)10-14-12(2)19-25-20-14/h9H,5-8,10H2,1-4H3. The maximum Gasteiger partial charge on any atom is 0.272 e. The summed E-state index contributed by atoms with van der Waals surface area (Å²) < 4.78 is 4.74. The van der Waals surface area contributed by atoms with Gasteiger partial charge in [0.1, 0.15) is 17.1 Å². The zero-order valence-electron chi connectivity index (χ0n) is 15.1. The Balaban J connectivity index is 1.63. The summed E-state index contributed by atoms with van der Waals surface area (Å²) >= 11 is 0. The molecule has 2 aromatic rings. The van der Waals surface area contributed by atoms with Crippen LogP contribution in [0.2, 0.25) is 0 Å². The van der Waals surface area contributed by atoms with Crippen molar-refractivity contribution in [2.24, 2.45) is 0 Å². The Labute approximate surface area is 146 Å². The third kappa shape index (κ3) is 3.93. The van der Waals surface area contributed by atoms with E-state index < -0.39 is 0 Å². The number of carbonyl (C=O) groups is 1. The van der Waals surface area contributed by atoms with Gasteiger partial charge in [0.15, 0.2) is 0 Å². The van der Waals surface area contributed by atoms with Gasteiger partial charge in [0.25, 0.3) is 5.91 Å². The zero-order chi connectivity index (χ0) is 18.0. The van der Waals surface area contributed by atoms with Crippen LogP contribution in [-0.4, -0.2) is 76.3 Å². The van der Waals surface area contributed by atoms with Gasteiger partial charge in [-0.05, 0) is 19.9 Å². The van der Waals surface area contributed by atoms with Crippen LogP contribution in [0.4, 0.5) is 5.95 Å². The Morgan fingerprint density at radius 2 is 1.88 bits per heavy atom. The highest BCUT2D eigenvalue weighted by atomic mass is 16.6. The van der Waals surface area contributed by atoms with Gasteiger partial charge in [-0.15, -0.1) is 0 Å². The van der Waals surface area contributed by atoms with E-state index in [1.54, 1.807) is 11.0 Å². The van der Waals surface area contributed by atoms with Crippen LogP contribution in [0.25, 0.3) is 0 Å². The minimum atomic E-state index is -0.0486. The van der Waals surface area contributed by atoms with Crippen molar-refractivity contribution in [3.8, 4) is 0 Å². The second-order valence-corrected chi connectivity index (χ2v) is 6.45. The van der Waals surface area contributed by atoms with Crippen molar-refractivity contribution in [2.45, 2.75) is 20.4 Å². The van der Waals surface area contributed by atoms with Crippen molar-refractivity contribution in [3.63, 3.8) is 0 Å². The van der Waals surface area contributed by atoms with Crippen LogP contribution in [0.1, 0.15) is 27.6 Å². The van der Waals surface area contributed by atoms with Gasteiger partial charge in [-0.3, -0.25) is 9.69 Å². The highest BCUT2D eigenvalue weighted by Crippen LogP contribution is 2.13. The summed E-state index contributed by atoms with van der Waals surface area (Å²) in [6.07, 6.45) is 0. The Morgan fingerprint density at radius 3 is 2.48 bits per heavy atom. The summed E-state index contributed by atoms with van der Waals surface area (Å²) in [6.45, 7) is 7.32. The van der Waals surface area contributed by atoms with E-state index in [1.807, 2.05) is 32.8 Å². The lowest BCUT2D eigenvalue weighted by atomic mass is 10.2. The quantitative estimate of drug-likeness (QED) is 0.791. The lowest BCUT2D eigenvalue weighted by Gasteiger charge is -2.34. The summed E-state index contributed by atoms with van der Waals surface area (Å²) in [5, 5.41) is 7.72. The molecule has 0 bridgehead atoms. The molecule has 1 amide bonds. The topological polar surface area (TPSA) is 91.5 Å². The number of aryl methyl sites for hydroxylation is 2. The fourth-order valence-corrected chi connectivity index (χ4v) is 2.74. The molecule has 9 heteroatoms. The third-order valence-electron chi connectivity index (χ3n) is 4.24. The van der Waals surface area contributed by atoms with E-state index in [2.05, 4.69) is 25.2 Å². The van der Waals surface area contributed by atoms with Gasteiger partial charge in [-0.25, -0.2) is 14.6 Å². The highest BCUT2D eigenvalue weighted by Gasteiger charge is 2.24. The molecule has 9 nitrogen and oxygen atoms in total. The zero-order valence-corrected chi connectivity index (χ0v) is 15.1. The predicted octanol–water partition coefficient (Wildman–Crippen LogP) is 0.500. The molecular formula is C16H23N7O2. The maximum atomic E-state index is 12.8. The molecule has 1 aliphatic rings. The monoisotopic (exact) mass is 345 g/mol. The first-order valence-electron chi connectivity index (χ1n) is 8.26. The maximum absolute atomic E-state index is 12.8. The Hall–Kier alpha value is -2.55. The predicted molar refractivity (Wildman–Crippen MR) is 91.3 cm³/mol. The van der Waals surface area contributed by atoms with Gasteiger partial charge >= 0.3 is 0 Å². The van der Waals surface area contributed by atoms with Crippen molar-refractivity contribution in [2.75, 3.05) is 45.2 Å². The number of piperazine rings is 1. The summed E-state index contributed by atoms with van der Waals surface area (Å²) in [7, 11) is 3.73. The second kappa shape index (κ2) is 7.14. The summed E-state index contributed by atoms with van der Waals surface area (Å²) in [6, 6.07) is 1.74. The lowest BCUT2D eigenvalue weighted by molar-refractivity contribution is 0.0619. The van der Waals surface area contributed by atoms with Gasteiger partial charge in [-0.2, -0.15) is 0 Å². The Kier molecular flexibility index (Phi) is 4.93. The fraction of sp³-hybridized carbons (Fsp3) is 0.562. The molecule has 1 aliphatic heterocycles. The Morgan fingerprint density at radius 1 is 1.16 bits per heavy atom. The molecule has 0 aromatic carbocycles. The van der Waals surface area contributed by atoms with E-state index >= 15 is 0 Å². The molecule has 25 heavy (non-hydrogen) atoms. The van der Waals surface area contributed by atoms with E-state index in [9.17, 15) is 4.79 Å². The lowest BCUT2D eigenvalue weighted by Crippen LogP contribution is -2.48. The SMILES string of the molecule is Cc1cc(C(=O)N2CCN(Cc3nonc3C)CC2)nc(N(C)C)n1. The van der Waals surface area contributed by atoms with Crippen LogP contribution in [0, 0.1) is 13.8 Å². The van der Waals surface area contributed by atoms with Gasteiger partial charge < -0.3 is 9.80 Å². The highest BCUT2D eigenvalue weighted by molar-refractivity contribution is 5.92. The number of nitrogens with zero attached hydrogens (tertiary/aromatic N) is 7. The fourth-order valence-electron chi connectivity index (χ4n) is 2.74. The summed E-state index contributed by atoms with van der Waals surface area (Å²) in [5.41, 5.74) is 2.89. The van der Waals surface area contributed by atoms with Crippen LogP contribution in [0.5, 0.6) is 0 Å². The summed E-state index contributed by atoms with van der Waals surface area (Å²) in [4.78, 5) is 27.4. The first-order chi connectivity index (χ1) is 11.9. The molecule has 3 heterocycles. The molecule has 0 atom stereocenters. The van der Waals surface area contributed by atoms with Gasteiger partial charge in [0, 0.05) is 52.5 Å². The number of rotatable bonds is 4. The number of aromatic nitrogens is 4. The molecular weight excluding hydrogens is 322 g/mol. The van der Waals surface area contributed by atoms with Crippen molar-refractivity contribution in [1.82, 2.24) is 30.1 Å². The molecule has 1 fully saturated rings. The second-order valence-electron chi connectivity index (χ2n) is 6.45. The van der Waals surface area contributed by atoms with Gasteiger partial charge in [0.05, 0.1) is 0 Å². The third-order valence-corrected chi connectivity index (χ3v) is 4.24. The molecule has 0 spiro atoms. The molecule has 0 saturated carbocycles. The molecule has 0 radical (unpaired) electrons. The van der Waals surface area contributed by atoms with Crippen molar-refractivity contribution >= 4 is 11.9 Å². The van der Waals surface area contributed by atoms with E-state index in [4.69, 9.17) is 4.63 Å². The molecule has 1 saturated heterocycles. The molecule has 0 aliphatic carbocycles. The van der Waals surface area contributed by atoms with E-state index in [0.29, 0.717) is 31.3 Å². The van der Waals surface area contributed by atoms with E-state index in [-0.39, 0.29) is 5.91 Å². The molecule has 134 valence electrons. The summed E-state index contributed by atoms with van der Waals surface area (Å²) in [5.74, 6) is 0.503. The van der Waals surface area contributed by atoms with Crippen molar-refractivity contribution < 1.29 is 9.42 Å². The van der Waals surface area contributed by atoms with E-state index in [1.165, 1.54) is 0 Å². The first kappa shape index (κ1) is 17.3. The van der Waals surface area contributed by atoms with Crippen LogP contribution in [0.3, 0.4) is 0 Å². The van der Waals surface area contributed by atoms with Crippen molar-refractivity contribution in [1.29, 1.82) is 0 Å². The molecule has 3 rings (SSSR count). The van der Waals surface area contributed by atoms with Crippen LogP contribution in [-0.2, 0) is 6.54 Å². The molecule has 0 N–H and O–H groups in total. The number of anilines is 1.